The van der Waals surface area contributed by atoms with Crippen molar-refractivity contribution in [3.8, 4) is 0 Å². The number of hydrogen-bond acceptors (Lipinski definition) is 6. The topological polar surface area (TPSA) is 71.8 Å². The Kier molecular flexibility index (Phi) is 4.23. The molecule has 15 heavy (non-hydrogen) atoms. The highest BCUT2D eigenvalue weighted by atomic mass is 32.1. The fourth-order valence-corrected chi connectivity index (χ4v) is 1.71. The van der Waals surface area contributed by atoms with Crippen molar-refractivity contribution in [3.63, 3.8) is 0 Å². The smallest absolute Gasteiger partial charge is 0.362 e. The van der Waals surface area contributed by atoms with Gasteiger partial charge in [-0.2, -0.15) is 0 Å². The van der Waals surface area contributed by atoms with Crippen LogP contribution in [0.4, 0.5) is 0 Å². The third-order valence-electron chi connectivity index (χ3n) is 1.67. The van der Waals surface area contributed by atoms with Gasteiger partial charge in [0.15, 0.2) is 0 Å². The molecule has 0 spiro atoms. The lowest BCUT2D eigenvalue weighted by molar-refractivity contribution is -0.135. The van der Waals surface area contributed by atoms with E-state index in [-0.39, 0.29) is 12.3 Å². The molecule has 0 aliphatic rings. The number of carbonyl (C=O) groups excluding carboxylic acids is 1. The van der Waals surface area contributed by atoms with Crippen LogP contribution in [0.2, 0.25) is 0 Å². The molecule has 6 heteroatoms. The maximum absolute atomic E-state index is 11.3. The summed E-state index contributed by atoms with van der Waals surface area (Å²) in [5.41, 5.74) is 0.214. The molecule has 5 nitrogen and oxygen atoms in total. The van der Waals surface area contributed by atoms with E-state index in [0.717, 1.165) is 11.4 Å². The molecule has 1 aromatic rings. The van der Waals surface area contributed by atoms with Crippen molar-refractivity contribution >= 4 is 23.0 Å². The first kappa shape index (κ1) is 11.6. The summed E-state index contributed by atoms with van der Waals surface area (Å²) in [6, 6.07) is 0. The van der Waals surface area contributed by atoms with E-state index in [0.29, 0.717) is 5.69 Å². The van der Waals surface area contributed by atoms with E-state index in [2.05, 4.69) is 10.1 Å². The van der Waals surface area contributed by atoms with Crippen LogP contribution in [0.1, 0.15) is 24.5 Å². The molecule has 0 saturated carbocycles. The highest BCUT2D eigenvalue weighted by molar-refractivity contribution is 7.09. The molecule has 1 aromatic heterocycles. The van der Waals surface area contributed by atoms with Crippen molar-refractivity contribution in [2.75, 3.05) is 6.61 Å². The summed E-state index contributed by atoms with van der Waals surface area (Å²) in [6.45, 7) is 3.89. The van der Waals surface area contributed by atoms with Gasteiger partial charge in [-0.3, -0.25) is 0 Å². The largest absolute Gasteiger partial charge is 0.461 e. The number of aryl methyl sites for hydroxylation is 1. The lowest BCUT2D eigenvalue weighted by atomic mass is 10.3. The van der Waals surface area contributed by atoms with Crippen LogP contribution in [0.5, 0.6) is 0 Å². The number of aromatic nitrogens is 1. The number of esters is 1. The van der Waals surface area contributed by atoms with E-state index in [1.54, 1.807) is 12.3 Å². The first-order valence-corrected chi connectivity index (χ1v) is 5.44. The summed E-state index contributed by atoms with van der Waals surface area (Å²) in [4.78, 5) is 15.5. The van der Waals surface area contributed by atoms with Crippen molar-refractivity contribution < 1.29 is 14.7 Å². The Morgan fingerprint density at radius 1 is 1.67 bits per heavy atom. The van der Waals surface area contributed by atoms with Crippen LogP contribution in [0.3, 0.4) is 0 Å². The average molecular weight is 228 g/mol. The predicted molar refractivity (Wildman–Crippen MR) is 56.4 cm³/mol. The van der Waals surface area contributed by atoms with Gasteiger partial charge in [-0.1, -0.05) is 12.1 Å². The minimum absolute atomic E-state index is 0.146. The first-order chi connectivity index (χ1) is 7.22. The van der Waals surface area contributed by atoms with E-state index in [1.165, 1.54) is 11.3 Å². The third-order valence-corrected chi connectivity index (χ3v) is 2.66. The number of thiazole rings is 1. The van der Waals surface area contributed by atoms with Gasteiger partial charge in [0.25, 0.3) is 0 Å². The normalized spacial score (nSPS) is 11.5. The molecule has 0 aliphatic heterocycles. The number of oxime groups is 1. The van der Waals surface area contributed by atoms with Crippen molar-refractivity contribution in [2.45, 2.75) is 20.3 Å². The summed E-state index contributed by atoms with van der Waals surface area (Å²) in [7, 11) is 0. The second-order valence-electron chi connectivity index (χ2n) is 2.65. The zero-order chi connectivity index (χ0) is 11.3. The second-order valence-corrected chi connectivity index (χ2v) is 3.59. The number of hydrogen-bond donors (Lipinski definition) is 1. The van der Waals surface area contributed by atoms with Crippen LogP contribution in [0.15, 0.2) is 10.5 Å². The van der Waals surface area contributed by atoms with Crippen LogP contribution >= 0.6 is 11.3 Å². The van der Waals surface area contributed by atoms with Crippen LogP contribution in [0.25, 0.3) is 0 Å². The Bertz CT molecular complexity index is 373. The van der Waals surface area contributed by atoms with Gasteiger partial charge in [0, 0.05) is 5.38 Å². The molecule has 0 unspecified atom stereocenters. The molecule has 0 fully saturated rings. The van der Waals surface area contributed by atoms with Gasteiger partial charge < -0.3 is 9.94 Å². The zero-order valence-corrected chi connectivity index (χ0v) is 9.37. The standard InChI is InChI=1S/C9H12N2O3S/c1-3-7-10-6(5-15-7)8(11-13)9(12)14-4-2/h5,13H,3-4H2,1-2H3/b11-8-. The Hall–Kier alpha value is -1.43. The molecule has 0 saturated heterocycles. The molecule has 82 valence electrons. The van der Waals surface area contributed by atoms with E-state index in [4.69, 9.17) is 9.94 Å². The van der Waals surface area contributed by atoms with Gasteiger partial charge in [-0.25, -0.2) is 9.78 Å². The lowest BCUT2D eigenvalue weighted by Crippen LogP contribution is -2.19. The maximum atomic E-state index is 11.3. The van der Waals surface area contributed by atoms with Crippen LogP contribution in [-0.4, -0.2) is 28.5 Å². The molecule has 1 heterocycles. The van der Waals surface area contributed by atoms with Crippen molar-refractivity contribution in [3.05, 3.63) is 16.1 Å². The highest BCUT2D eigenvalue weighted by Crippen LogP contribution is 2.11. The summed E-state index contributed by atoms with van der Waals surface area (Å²) in [6.07, 6.45) is 0.784. The fourth-order valence-electron chi connectivity index (χ4n) is 0.978. The Morgan fingerprint density at radius 2 is 2.40 bits per heavy atom. The van der Waals surface area contributed by atoms with Gasteiger partial charge in [0.2, 0.25) is 5.71 Å². The molecule has 0 atom stereocenters. The van der Waals surface area contributed by atoms with Crippen LogP contribution in [0, 0.1) is 0 Å². The molecular formula is C9H12N2O3S. The molecule has 1 rings (SSSR count). The van der Waals surface area contributed by atoms with E-state index in [1.807, 2.05) is 6.92 Å². The molecule has 0 aliphatic carbocycles. The van der Waals surface area contributed by atoms with E-state index in [9.17, 15) is 4.79 Å². The first-order valence-electron chi connectivity index (χ1n) is 4.56. The van der Waals surface area contributed by atoms with Gasteiger partial charge in [0.05, 0.1) is 11.6 Å². The molecule has 0 radical (unpaired) electrons. The summed E-state index contributed by atoms with van der Waals surface area (Å²) < 4.78 is 4.73. The Labute approximate surface area is 91.4 Å². The van der Waals surface area contributed by atoms with Crippen LogP contribution < -0.4 is 0 Å². The SMILES string of the molecule is CCOC(=O)/C(=N\O)c1csc(CC)n1. The fraction of sp³-hybridized carbons (Fsp3) is 0.444. The Morgan fingerprint density at radius 3 is 2.87 bits per heavy atom. The highest BCUT2D eigenvalue weighted by Gasteiger charge is 2.18. The summed E-state index contributed by atoms with van der Waals surface area (Å²) in [5.74, 6) is -0.659. The third kappa shape index (κ3) is 2.76. The number of rotatable bonds is 4. The molecule has 1 N–H and O–H groups in total. The van der Waals surface area contributed by atoms with E-state index < -0.39 is 5.97 Å². The summed E-state index contributed by atoms with van der Waals surface area (Å²) in [5, 5.41) is 14.2. The number of ether oxygens (including phenoxy) is 1. The van der Waals surface area contributed by atoms with Crippen LogP contribution in [-0.2, 0) is 16.0 Å². The minimum Gasteiger partial charge on any atom is -0.461 e. The van der Waals surface area contributed by atoms with Gasteiger partial charge >= 0.3 is 5.97 Å². The maximum Gasteiger partial charge on any atom is 0.362 e. The minimum atomic E-state index is -0.659. The van der Waals surface area contributed by atoms with Gasteiger partial charge in [-0.05, 0) is 13.3 Å². The lowest BCUT2D eigenvalue weighted by Gasteiger charge is -2.00. The summed E-state index contributed by atoms with van der Waals surface area (Å²) >= 11 is 1.42. The number of nitrogens with zero attached hydrogens (tertiary/aromatic N) is 2. The van der Waals surface area contributed by atoms with Crippen molar-refractivity contribution in [2.24, 2.45) is 5.16 Å². The molecular weight excluding hydrogens is 216 g/mol. The van der Waals surface area contributed by atoms with Gasteiger partial charge in [-0.15, -0.1) is 11.3 Å². The molecule has 0 amide bonds. The Balaban J connectivity index is 2.88. The van der Waals surface area contributed by atoms with Crippen molar-refractivity contribution in [1.82, 2.24) is 4.98 Å². The van der Waals surface area contributed by atoms with Crippen molar-refractivity contribution in [1.29, 1.82) is 0 Å². The predicted octanol–water partition coefficient (Wildman–Crippen LogP) is 1.45. The second kappa shape index (κ2) is 5.45. The van der Waals surface area contributed by atoms with E-state index >= 15 is 0 Å². The molecule has 0 bridgehead atoms. The zero-order valence-electron chi connectivity index (χ0n) is 8.56. The molecule has 0 aromatic carbocycles. The average Bonchev–Trinajstić information content (AvgIpc) is 2.68. The van der Waals surface area contributed by atoms with Gasteiger partial charge in [0.1, 0.15) is 5.69 Å². The monoisotopic (exact) mass is 228 g/mol. The quantitative estimate of drug-likeness (QED) is 0.366. The number of carbonyl (C=O) groups is 1.